The Morgan fingerprint density at radius 3 is 2.44 bits per heavy atom. The Morgan fingerprint density at radius 1 is 1.36 bits per heavy atom. The molecule has 1 rings (SSSR count). The molecule has 0 atom stereocenters. The number of carbonyl (C=O) groups excluding carboxylic acids is 2. The van der Waals surface area contributed by atoms with Crippen molar-refractivity contribution in [3.8, 4) is 11.8 Å². The number of guanidine groups is 1. The number of phenols is 1. The molecule has 0 unspecified atom stereocenters. The van der Waals surface area contributed by atoms with E-state index >= 15 is 0 Å². The lowest BCUT2D eigenvalue weighted by atomic mass is 10.0. The van der Waals surface area contributed by atoms with E-state index in [4.69, 9.17) is 10.5 Å². The monoisotopic (exact) mass is 347 g/mol. The van der Waals surface area contributed by atoms with Crippen molar-refractivity contribution in [3.05, 3.63) is 23.3 Å². The second kappa shape index (κ2) is 7.53. The summed E-state index contributed by atoms with van der Waals surface area (Å²) in [6.45, 7) is 4.97. The van der Waals surface area contributed by atoms with Gasteiger partial charge in [0.25, 0.3) is 5.91 Å². The van der Waals surface area contributed by atoms with Gasteiger partial charge in [0.15, 0.2) is 0 Å². The number of nitrogens with two attached hydrogens (primary N) is 1. The van der Waals surface area contributed by atoms with Crippen LogP contribution in [0.25, 0.3) is 0 Å². The van der Waals surface area contributed by atoms with Gasteiger partial charge in [0, 0.05) is 14.1 Å². The minimum absolute atomic E-state index is 0.161. The molecular weight excluding hydrogens is 326 g/mol. The minimum Gasteiger partial charge on any atom is -0.507 e. The summed E-state index contributed by atoms with van der Waals surface area (Å²) in [6, 6.07) is 4.55. The smallest absolute Gasteiger partial charge is 0.437 e. The van der Waals surface area contributed by atoms with Crippen molar-refractivity contribution < 1.29 is 19.4 Å². The molecule has 0 aliphatic rings. The summed E-state index contributed by atoms with van der Waals surface area (Å²) in [4.78, 5) is 28.9. The molecule has 1 aromatic rings. The van der Waals surface area contributed by atoms with Gasteiger partial charge in [0.2, 0.25) is 5.96 Å². The fourth-order valence-corrected chi connectivity index (χ4v) is 1.95. The lowest BCUT2D eigenvalue weighted by molar-refractivity contribution is 0.0604. The number of carbonyl (C=O) groups is 2. The Kier molecular flexibility index (Phi) is 5.95. The van der Waals surface area contributed by atoms with E-state index in [9.17, 15) is 20.0 Å². The summed E-state index contributed by atoms with van der Waals surface area (Å²) in [7, 11) is 3.23. The number of hydrogen-bond acceptors (Lipinski definition) is 6. The van der Waals surface area contributed by atoms with E-state index in [0.717, 1.165) is 0 Å². The number of benzene rings is 1. The molecule has 9 heteroatoms. The van der Waals surface area contributed by atoms with Crippen LogP contribution in [-0.4, -0.2) is 42.8 Å². The second-order valence-electron chi connectivity index (χ2n) is 6.29. The number of anilines is 1. The standard InChI is InChI=1S/C16H21N5O4/c1-16(2,3)25-15(24)20-14(18)19-13(23)11-10(22)7-6-9(8-17)12(11)21(4)5/h6-7,22H,1-5H3,(H3,18,19,20,23,24). The summed E-state index contributed by atoms with van der Waals surface area (Å²) >= 11 is 0. The molecule has 2 amide bonds. The van der Waals surface area contributed by atoms with Gasteiger partial charge in [-0.2, -0.15) is 5.26 Å². The SMILES string of the molecule is CN(C)c1c(C#N)ccc(O)c1C(=O)N/C(N)=N/C(=O)OC(C)(C)C. The number of ether oxygens (including phenoxy) is 1. The van der Waals surface area contributed by atoms with Gasteiger partial charge in [-0.15, -0.1) is 4.99 Å². The van der Waals surface area contributed by atoms with Gasteiger partial charge in [-0.3, -0.25) is 10.1 Å². The van der Waals surface area contributed by atoms with Gasteiger partial charge < -0.3 is 20.5 Å². The molecule has 0 spiro atoms. The third-order valence-corrected chi connectivity index (χ3v) is 2.80. The number of amides is 2. The minimum atomic E-state index is -0.965. The van der Waals surface area contributed by atoms with Crippen LogP contribution in [0.3, 0.4) is 0 Å². The summed E-state index contributed by atoms with van der Waals surface area (Å²) in [5.41, 5.74) is 5.02. The zero-order valence-electron chi connectivity index (χ0n) is 14.7. The summed E-state index contributed by atoms with van der Waals surface area (Å²) < 4.78 is 4.96. The van der Waals surface area contributed by atoms with E-state index in [2.05, 4.69) is 10.3 Å². The Morgan fingerprint density at radius 2 is 1.96 bits per heavy atom. The number of aromatic hydroxyl groups is 1. The first-order valence-corrected chi connectivity index (χ1v) is 7.28. The maximum absolute atomic E-state index is 12.4. The summed E-state index contributed by atoms with van der Waals surface area (Å²) in [6.07, 6.45) is -0.965. The van der Waals surface area contributed by atoms with Crippen LogP contribution in [0.2, 0.25) is 0 Å². The van der Waals surface area contributed by atoms with Gasteiger partial charge in [0.05, 0.1) is 11.3 Å². The lowest BCUT2D eigenvalue weighted by Gasteiger charge is -2.19. The molecule has 0 aliphatic heterocycles. The molecule has 25 heavy (non-hydrogen) atoms. The molecule has 0 bridgehead atoms. The molecule has 134 valence electrons. The Balaban J connectivity index is 3.13. The largest absolute Gasteiger partial charge is 0.507 e. The topological polar surface area (TPSA) is 141 Å². The third kappa shape index (κ3) is 5.39. The van der Waals surface area contributed by atoms with Gasteiger partial charge in [-0.1, -0.05) is 0 Å². The van der Waals surface area contributed by atoms with Crippen molar-refractivity contribution >= 4 is 23.6 Å². The number of phenolic OH excluding ortho intramolecular Hbond substituents is 1. The second-order valence-corrected chi connectivity index (χ2v) is 6.29. The van der Waals surface area contributed by atoms with Crippen molar-refractivity contribution in [2.75, 3.05) is 19.0 Å². The number of hydrogen-bond donors (Lipinski definition) is 3. The van der Waals surface area contributed by atoms with E-state index in [0.29, 0.717) is 0 Å². The Bertz CT molecular complexity index is 757. The number of nitriles is 1. The molecule has 0 aromatic heterocycles. The van der Waals surface area contributed by atoms with Crippen molar-refractivity contribution in [1.82, 2.24) is 5.32 Å². The quantitative estimate of drug-likeness (QED) is 0.541. The van der Waals surface area contributed by atoms with Gasteiger partial charge in [0.1, 0.15) is 23.0 Å². The van der Waals surface area contributed by atoms with Crippen LogP contribution < -0.4 is 16.0 Å². The molecular formula is C16H21N5O4. The van der Waals surface area contributed by atoms with E-state index in [1.165, 1.54) is 17.0 Å². The van der Waals surface area contributed by atoms with E-state index in [1.54, 1.807) is 34.9 Å². The zero-order valence-corrected chi connectivity index (χ0v) is 14.7. The van der Waals surface area contributed by atoms with Crippen LogP contribution in [0.5, 0.6) is 5.75 Å². The van der Waals surface area contributed by atoms with E-state index < -0.39 is 23.6 Å². The molecule has 1 aromatic carbocycles. The van der Waals surface area contributed by atoms with Gasteiger partial charge in [-0.05, 0) is 32.9 Å². The number of rotatable bonds is 2. The van der Waals surface area contributed by atoms with Crippen molar-refractivity contribution in [1.29, 1.82) is 5.26 Å². The lowest BCUT2D eigenvalue weighted by Crippen LogP contribution is -2.38. The van der Waals surface area contributed by atoms with Crippen LogP contribution in [-0.2, 0) is 4.74 Å². The van der Waals surface area contributed by atoms with Gasteiger partial charge in [-0.25, -0.2) is 4.79 Å². The maximum Gasteiger partial charge on any atom is 0.437 e. The van der Waals surface area contributed by atoms with Crippen molar-refractivity contribution in [3.63, 3.8) is 0 Å². The van der Waals surface area contributed by atoms with Crippen molar-refractivity contribution in [2.45, 2.75) is 26.4 Å². The third-order valence-electron chi connectivity index (χ3n) is 2.80. The molecule has 0 saturated heterocycles. The average Bonchev–Trinajstić information content (AvgIpc) is 2.43. The molecule has 0 radical (unpaired) electrons. The molecule has 0 fully saturated rings. The first-order valence-electron chi connectivity index (χ1n) is 7.28. The fourth-order valence-electron chi connectivity index (χ4n) is 1.95. The first kappa shape index (κ1) is 19.8. The normalized spacial score (nSPS) is 11.4. The van der Waals surface area contributed by atoms with Crippen LogP contribution in [0.15, 0.2) is 17.1 Å². The van der Waals surface area contributed by atoms with E-state index in [1.807, 2.05) is 6.07 Å². The number of nitrogens with one attached hydrogen (secondary N) is 1. The predicted molar refractivity (Wildman–Crippen MR) is 92.5 cm³/mol. The maximum atomic E-state index is 12.4. The van der Waals surface area contributed by atoms with Gasteiger partial charge >= 0.3 is 6.09 Å². The number of aliphatic imine (C=N–C) groups is 1. The highest BCUT2D eigenvalue weighted by atomic mass is 16.6. The van der Waals surface area contributed by atoms with Crippen molar-refractivity contribution in [2.24, 2.45) is 10.7 Å². The first-order chi connectivity index (χ1) is 11.5. The Labute approximate surface area is 145 Å². The predicted octanol–water partition coefficient (Wildman–Crippen LogP) is 1.31. The summed E-state index contributed by atoms with van der Waals surface area (Å²) in [5.74, 6) is -1.65. The molecule has 0 saturated carbocycles. The van der Waals surface area contributed by atoms with Crippen LogP contribution in [0, 0.1) is 11.3 Å². The highest BCUT2D eigenvalue weighted by Gasteiger charge is 2.22. The highest BCUT2D eigenvalue weighted by Crippen LogP contribution is 2.31. The number of nitrogens with zero attached hydrogens (tertiary/aromatic N) is 3. The fraction of sp³-hybridized carbons (Fsp3) is 0.375. The van der Waals surface area contributed by atoms with E-state index in [-0.39, 0.29) is 22.6 Å². The highest BCUT2D eigenvalue weighted by molar-refractivity contribution is 6.11. The molecule has 0 heterocycles. The van der Waals surface area contributed by atoms with Crippen LogP contribution in [0.1, 0.15) is 36.7 Å². The average molecular weight is 347 g/mol. The summed E-state index contributed by atoms with van der Waals surface area (Å²) in [5, 5.41) is 21.4. The van der Waals surface area contributed by atoms with Crippen LogP contribution >= 0.6 is 0 Å². The molecule has 9 nitrogen and oxygen atoms in total. The molecule has 0 aliphatic carbocycles. The Hall–Kier alpha value is -3.28. The molecule has 4 N–H and O–H groups in total. The zero-order chi connectivity index (χ0) is 19.4. The van der Waals surface area contributed by atoms with Crippen LogP contribution in [0.4, 0.5) is 10.5 Å².